The molecule has 15 rings (SSSR count). The molecule has 9 aromatic carbocycles. The molecule has 2 aromatic heterocycles. The molecule has 5 heterocycles. The van der Waals surface area contributed by atoms with Crippen LogP contribution in [-0.4, -0.2) is 15.8 Å². The van der Waals surface area contributed by atoms with Crippen LogP contribution in [0.25, 0.3) is 88.0 Å². The summed E-state index contributed by atoms with van der Waals surface area (Å²) in [6, 6.07) is 57.5. The van der Waals surface area contributed by atoms with Gasteiger partial charge >= 0.3 is 0 Å². The maximum Gasteiger partial charge on any atom is 0.252 e. The Kier molecular flexibility index (Phi) is 9.52. The standard InChI is InChI=1S/C77H77BN2/c1-71(2,3)45-27-30-64-54(32-45)55-34-49(75(13,14)15)39-62-67(55)79(64)69-53(44-24-23-42-21-19-20-22-43(42)31-44)41-61-70-65(69)78(62)63-40-50(76(16,17)18)35-57-56-33-48(74(10,11)12)38-60(66(56)80(70)68(57)63)77(61)58-36-46(72(4,5)6)25-28-51(58)52-29-26-47(37-59(52)77)73(7,8)9/h19-41H,1-18H3. The van der Waals surface area contributed by atoms with Crippen molar-refractivity contribution in [2.75, 3.05) is 0 Å². The van der Waals surface area contributed by atoms with Gasteiger partial charge in [0, 0.05) is 43.8 Å². The van der Waals surface area contributed by atoms with Gasteiger partial charge in [-0.2, -0.15) is 0 Å². The molecule has 0 amide bonds. The number of fused-ring (bicyclic) bond motifs is 15. The zero-order valence-electron chi connectivity index (χ0n) is 50.8. The first-order valence-electron chi connectivity index (χ1n) is 29.8. The number of nitrogens with zero attached hydrogens (tertiary/aromatic N) is 2. The lowest BCUT2D eigenvalue weighted by atomic mass is 9.33. The molecule has 0 fully saturated rings. The van der Waals surface area contributed by atoms with Crippen LogP contribution in [-0.2, 0) is 37.9 Å². The molecule has 0 atom stereocenters. The minimum atomic E-state index is -0.689. The predicted octanol–water partition coefficient (Wildman–Crippen LogP) is 18.3. The van der Waals surface area contributed by atoms with Crippen molar-refractivity contribution in [2.45, 2.75) is 163 Å². The molecule has 0 saturated carbocycles. The summed E-state index contributed by atoms with van der Waals surface area (Å²) in [6.45, 7) is 43.2. The second-order valence-corrected chi connectivity index (χ2v) is 31.1. The number of rotatable bonds is 1. The summed E-state index contributed by atoms with van der Waals surface area (Å²) < 4.78 is 5.61. The van der Waals surface area contributed by atoms with Crippen LogP contribution in [0.2, 0.25) is 0 Å². The lowest BCUT2D eigenvalue weighted by Gasteiger charge is -2.45. The Labute approximate surface area is 475 Å². The summed E-state index contributed by atoms with van der Waals surface area (Å²) in [5.41, 5.74) is 30.2. The third-order valence-electron chi connectivity index (χ3n) is 19.7. The summed E-state index contributed by atoms with van der Waals surface area (Å²) in [4.78, 5) is 0. The number of hydrogen-bond acceptors (Lipinski definition) is 0. The fourth-order valence-corrected chi connectivity index (χ4v) is 15.2. The molecule has 398 valence electrons. The molecule has 0 N–H and O–H groups in total. The monoisotopic (exact) mass is 1040 g/mol. The summed E-state index contributed by atoms with van der Waals surface area (Å²) >= 11 is 0. The minimum Gasteiger partial charge on any atom is -0.310 e. The van der Waals surface area contributed by atoms with Gasteiger partial charge in [-0.05, 0) is 174 Å². The number of aromatic nitrogens is 2. The van der Waals surface area contributed by atoms with E-state index in [-0.39, 0.29) is 39.2 Å². The number of hydrogen-bond donors (Lipinski definition) is 0. The van der Waals surface area contributed by atoms with Crippen molar-refractivity contribution < 1.29 is 0 Å². The van der Waals surface area contributed by atoms with Crippen LogP contribution >= 0.6 is 0 Å². The average Bonchev–Trinajstić information content (AvgIpc) is 2.43. The van der Waals surface area contributed by atoms with Gasteiger partial charge in [-0.25, -0.2) is 0 Å². The topological polar surface area (TPSA) is 9.86 Å². The van der Waals surface area contributed by atoms with E-state index < -0.39 is 5.41 Å². The summed E-state index contributed by atoms with van der Waals surface area (Å²) in [6.07, 6.45) is 0. The lowest BCUT2D eigenvalue weighted by molar-refractivity contribution is 0.583. The highest BCUT2D eigenvalue weighted by atomic mass is 15.1. The maximum absolute atomic E-state index is 2.84. The molecule has 1 aliphatic carbocycles. The van der Waals surface area contributed by atoms with Gasteiger partial charge < -0.3 is 9.13 Å². The Bertz CT molecular complexity index is 4570. The van der Waals surface area contributed by atoms with Gasteiger partial charge in [-0.15, -0.1) is 0 Å². The van der Waals surface area contributed by atoms with Crippen molar-refractivity contribution in [1.82, 2.24) is 9.13 Å². The molecule has 80 heavy (non-hydrogen) atoms. The third kappa shape index (κ3) is 6.44. The highest BCUT2D eigenvalue weighted by Crippen LogP contribution is 2.64. The van der Waals surface area contributed by atoms with E-state index in [9.17, 15) is 0 Å². The molecular formula is C77H77BN2. The number of benzene rings is 9. The fraction of sp³-hybridized carbons (Fsp3) is 0.325. The Morgan fingerprint density at radius 1 is 0.325 bits per heavy atom. The molecule has 2 nitrogen and oxygen atoms in total. The fourth-order valence-electron chi connectivity index (χ4n) is 15.2. The van der Waals surface area contributed by atoms with Crippen molar-refractivity contribution in [3.63, 3.8) is 0 Å². The van der Waals surface area contributed by atoms with Gasteiger partial charge in [0.1, 0.15) is 0 Å². The van der Waals surface area contributed by atoms with Crippen molar-refractivity contribution in [2.24, 2.45) is 0 Å². The Morgan fingerprint density at radius 3 is 1.32 bits per heavy atom. The summed E-state index contributed by atoms with van der Waals surface area (Å²) in [5, 5.41) is 7.95. The zero-order valence-corrected chi connectivity index (χ0v) is 50.8. The van der Waals surface area contributed by atoms with Crippen LogP contribution in [0.4, 0.5) is 0 Å². The molecule has 1 spiro atoms. The largest absolute Gasteiger partial charge is 0.310 e. The first kappa shape index (κ1) is 49.9. The maximum atomic E-state index is 2.84. The van der Waals surface area contributed by atoms with E-state index in [2.05, 4.69) is 273 Å². The van der Waals surface area contributed by atoms with E-state index in [4.69, 9.17) is 0 Å². The van der Waals surface area contributed by atoms with Crippen LogP contribution in [0.5, 0.6) is 0 Å². The van der Waals surface area contributed by atoms with Crippen LogP contribution < -0.4 is 16.4 Å². The van der Waals surface area contributed by atoms with E-state index in [1.165, 1.54) is 160 Å². The van der Waals surface area contributed by atoms with E-state index in [1.54, 1.807) is 0 Å². The second-order valence-electron chi connectivity index (χ2n) is 31.1. The Balaban J connectivity index is 1.27. The van der Waals surface area contributed by atoms with E-state index >= 15 is 0 Å². The van der Waals surface area contributed by atoms with Crippen molar-refractivity contribution >= 4 is 77.5 Å². The molecule has 3 aliphatic heterocycles. The smallest absolute Gasteiger partial charge is 0.252 e. The van der Waals surface area contributed by atoms with E-state index in [1.807, 2.05) is 0 Å². The molecule has 11 aromatic rings. The molecule has 4 aliphatic rings. The van der Waals surface area contributed by atoms with E-state index in [0.717, 1.165) is 0 Å². The van der Waals surface area contributed by atoms with Crippen LogP contribution in [0, 0.1) is 0 Å². The van der Waals surface area contributed by atoms with E-state index in [0.29, 0.717) is 0 Å². The SMILES string of the molecule is CC(C)(C)c1ccc2c(c1)C1(c3cc(C(C)(C)C)ccc3-2)c2cc(-c3ccc4ccccc4c3)c3c4c2-n2c5c(cc(C(C)(C)C)cc5c5cc(C(C)(C)C)cc1c52)B4c1cc(C(C)(C)C)cc2c4cc(C(C)(C)C)ccc4n-3c12. The molecule has 0 bridgehead atoms. The first-order chi connectivity index (χ1) is 37.5. The zero-order chi connectivity index (χ0) is 56.2. The molecule has 3 heteroatoms. The predicted molar refractivity (Wildman–Crippen MR) is 346 cm³/mol. The van der Waals surface area contributed by atoms with Gasteiger partial charge in [-0.3, -0.25) is 0 Å². The van der Waals surface area contributed by atoms with Gasteiger partial charge in [-0.1, -0.05) is 222 Å². The van der Waals surface area contributed by atoms with Crippen molar-refractivity contribution in [3.8, 4) is 33.6 Å². The summed E-state index contributed by atoms with van der Waals surface area (Å²) in [7, 11) is 0. The highest BCUT2D eigenvalue weighted by Gasteiger charge is 2.56. The molecule has 0 saturated heterocycles. The Hall–Kier alpha value is -7.10. The van der Waals surface area contributed by atoms with Crippen LogP contribution in [0.3, 0.4) is 0 Å². The van der Waals surface area contributed by atoms with Crippen molar-refractivity contribution in [3.05, 3.63) is 195 Å². The normalized spacial score (nSPS) is 15.2. The molecule has 0 unspecified atom stereocenters. The van der Waals surface area contributed by atoms with Gasteiger partial charge in [0.2, 0.25) is 0 Å². The van der Waals surface area contributed by atoms with Crippen LogP contribution in [0.1, 0.15) is 180 Å². The van der Waals surface area contributed by atoms with Gasteiger partial charge in [0.05, 0.1) is 22.1 Å². The third-order valence-corrected chi connectivity index (χ3v) is 19.7. The molecular weight excluding hydrogens is 964 g/mol. The average molecular weight is 1040 g/mol. The highest BCUT2D eigenvalue weighted by molar-refractivity contribution is 7.00. The quantitative estimate of drug-likeness (QED) is 0.145. The van der Waals surface area contributed by atoms with Crippen LogP contribution in [0.15, 0.2) is 140 Å². The minimum absolute atomic E-state index is 0.0258. The van der Waals surface area contributed by atoms with Gasteiger partial charge in [0.25, 0.3) is 6.71 Å². The van der Waals surface area contributed by atoms with Gasteiger partial charge in [0.15, 0.2) is 0 Å². The first-order valence-corrected chi connectivity index (χ1v) is 29.8. The lowest BCUT2D eigenvalue weighted by Crippen LogP contribution is -2.61. The summed E-state index contributed by atoms with van der Waals surface area (Å²) in [5.74, 6) is 0. The van der Waals surface area contributed by atoms with Crippen molar-refractivity contribution in [1.29, 1.82) is 0 Å². The second kappa shape index (κ2) is 15.3. The Morgan fingerprint density at radius 2 is 0.775 bits per heavy atom. The molecule has 0 radical (unpaired) electrons.